The molecule has 2 rings (SSSR count). The Kier molecular flexibility index (Phi) is 28.3. The molecule has 0 aromatic heterocycles. The normalized spacial score (nSPS) is 9.46. The van der Waals surface area contributed by atoms with Crippen molar-refractivity contribution >= 4 is 38.1 Å². The molecule has 2 aromatic carbocycles. The van der Waals surface area contributed by atoms with Gasteiger partial charge < -0.3 is 34.6 Å². The summed E-state index contributed by atoms with van der Waals surface area (Å²) in [5.74, 6) is -1.19. The maximum Gasteiger partial charge on any atom is 1.00 e. The first-order valence-electron chi connectivity index (χ1n) is 9.89. The number of phenols is 1. The van der Waals surface area contributed by atoms with E-state index in [1.807, 2.05) is 0 Å². The molecule has 0 fully saturated rings. The number of ether oxygens (including phenoxy) is 2. The van der Waals surface area contributed by atoms with Gasteiger partial charge in [-0.3, -0.25) is 14.4 Å². The fraction of sp³-hybridized carbons (Fsp3) is 0.286. The number of rotatable bonds is 6. The fourth-order valence-corrected chi connectivity index (χ4v) is 2.70. The summed E-state index contributed by atoms with van der Waals surface area (Å²) in [6, 6.07) is 9.11. The fourth-order valence-electron chi connectivity index (χ4n) is 1.76. The monoisotopic (exact) mass is 614 g/mol. The zero-order chi connectivity index (χ0) is 27.2. The number of esters is 3. The minimum absolute atomic E-state index is 0. The van der Waals surface area contributed by atoms with Crippen LogP contribution in [0.2, 0.25) is 0 Å². The summed E-state index contributed by atoms with van der Waals surface area (Å²) in [6.45, 7) is 4.93. The first-order chi connectivity index (χ1) is 16.1. The predicted octanol–water partition coefficient (Wildman–Crippen LogP) is -5.56. The molecule has 210 valence electrons. The molecule has 0 saturated carbocycles. The molecule has 0 aliphatic carbocycles. The van der Waals surface area contributed by atoms with Gasteiger partial charge in [-0.2, -0.15) is 0 Å². The third-order valence-corrected chi connectivity index (χ3v) is 5.26. The Labute approximate surface area is 270 Å². The van der Waals surface area contributed by atoms with E-state index < -0.39 is 38.1 Å². The third kappa shape index (κ3) is 22.0. The Hall–Kier alpha value is -1.41. The van der Waals surface area contributed by atoms with Gasteiger partial charge in [0.15, 0.2) is 0 Å². The van der Waals surface area contributed by atoms with Crippen LogP contribution in [-0.2, 0) is 39.4 Å². The zero-order valence-corrected chi connectivity index (χ0v) is 27.6. The van der Waals surface area contributed by atoms with Crippen molar-refractivity contribution in [1.82, 2.24) is 0 Å². The van der Waals surface area contributed by atoms with Crippen molar-refractivity contribution in [1.29, 1.82) is 0 Å². The molecule has 0 spiro atoms. The summed E-state index contributed by atoms with van der Waals surface area (Å²) in [7, 11) is -8.82. The van der Waals surface area contributed by atoms with E-state index in [-0.39, 0.29) is 111 Å². The van der Waals surface area contributed by atoms with Crippen molar-refractivity contribution in [2.75, 3.05) is 0 Å². The first-order valence-corrected chi connectivity index (χ1v) is 12.7. The first kappa shape index (κ1) is 47.4. The van der Waals surface area contributed by atoms with Gasteiger partial charge in [0.1, 0.15) is 31.7 Å². The van der Waals surface area contributed by atoms with E-state index in [1.165, 1.54) is 12.1 Å². The summed E-state index contributed by atoms with van der Waals surface area (Å²) in [6.07, 6.45) is 0.735. The number of carbonyl (C=O) groups excluding carboxylic acids is 3. The molecular formula is C21H28Na2O14S2. The Bertz CT molecular complexity index is 1180. The number of hydrogen-bond acceptors (Lipinski definition) is 12. The van der Waals surface area contributed by atoms with Crippen LogP contribution in [0.4, 0.5) is 0 Å². The SMILES string of the molecule is CCC(=O)OC(=O)CC.CCC(=O)Oc1ccc(S(=O)(=O)[O-])cc1.O.O.O=S(=O)([O-])c1ccc(O)cc1.[Na+].[Na+]. The molecule has 18 heteroatoms. The number of aromatic hydroxyl groups is 1. The Balaban J connectivity index is -0.000000146. The van der Waals surface area contributed by atoms with Crippen LogP contribution in [0.25, 0.3) is 0 Å². The second-order valence-electron chi connectivity index (χ2n) is 6.25. The summed E-state index contributed by atoms with van der Waals surface area (Å²) < 4.78 is 71.7. The summed E-state index contributed by atoms with van der Waals surface area (Å²) in [5.41, 5.74) is 0. The van der Waals surface area contributed by atoms with Crippen LogP contribution in [0.15, 0.2) is 58.3 Å². The van der Waals surface area contributed by atoms with Crippen LogP contribution in [0.5, 0.6) is 11.5 Å². The molecule has 14 nitrogen and oxygen atoms in total. The average molecular weight is 615 g/mol. The van der Waals surface area contributed by atoms with Gasteiger partial charge in [0, 0.05) is 19.3 Å². The zero-order valence-electron chi connectivity index (χ0n) is 22.0. The molecule has 0 aliphatic rings. The smallest absolute Gasteiger partial charge is 0.744 e. The van der Waals surface area contributed by atoms with Gasteiger partial charge in [0.2, 0.25) is 0 Å². The van der Waals surface area contributed by atoms with E-state index >= 15 is 0 Å². The van der Waals surface area contributed by atoms with Crippen molar-refractivity contribution < 1.29 is 125 Å². The van der Waals surface area contributed by atoms with Crippen LogP contribution in [0.1, 0.15) is 40.0 Å². The van der Waals surface area contributed by atoms with E-state index in [9.17, 15) is 40.3 Å². The molecule has 0 aliphatic heterocycles. The van der Waals surface area contributed by atoms with E-state index in [1.54, 1.807) is 20.8 Å². The number of carbonyl (C=O) groups is 3. The van der Waals surface area contributed by atoms with Crippen LogP contribution in [0, 0.1) is 0 Å². The minimum Gasteiger partial charge on any atom is -0.744 e. The third-order valence-electron chi connectivity index (χ3n) is 3.56. The molecular weight excluding hydrogens is 586 g/mol. The van der Waals surface area contributed by atoms with Gasteiger partial charge in [-0.15, -0.1) is 0 Å². The van der Waals surface area contributed by atoms with Gasteiger partial charge in [-0.1, -0.05) is 20.8 Å². The second-order valence-corrected chi connectivity index (χ2v) is 9.01. The second kappa shape index (κ2) is 23.3. The standard InChI is InChI=1S/C9H10O5S.C6H6O4S.C6H10O3.2Na.2H2O/c1-2-9(10)14-7-3-5-8(6-4-7)15(11,12)13;7-5-1-3-6(4-2-5)11(8,9)10;1-3-5(7)9-6(8)4-2;;;;/h3-6H,2H2,1H3,(H,11,12,13);1-4,7H,(H,8,9,10);3-4H2,1-2H3;;;2*1H2/q;;;2*+1;;/p-2. The molecule has 0 amide bonds. The van der Waals surface area contributed by atoms with E-state index in [4.69, 9.17) is 9.84 Å². The quantitative estimate of drug-likeness (QED) is 0.105. The van der Waals surface area contributed by atoms with Crippen molar-refractivity contribution in [2.24, 2.45) is 0 Å². The molecule has 0 saturated heterocycles. The van der Waals surface area contributed by atoms with Gasteiger partial charge in [0.25, 0.3) is 0 Å². The average Bonchev–Trinajstić information content (AvgIpc) is 2.79. The van der Waals surface area contributed by atoms with Crippen molar-refractivity contribution in [3.8, 4) is 11.5 Å². The molecule has 0 bridgehead atoms. The van der Waals surface area contributed by atoms with E-state index in [0.717, 1.165) is 36.4 Å². The van der Waals surface area contributed by atoms with Crippen LogP contribution < -0.4 is 63.9 Å². The summed E-state index contributed by atoms with van der Waals surface area (Å²) >= 11 is 0. The van der Waals surface area contributed by atoms with E-state index in [0.29, 0.717) is 0 Å². The summed E-state index contributed by atoms with van der Waals surface area (Å²) in [5, 5.41) is 8.73. The molecule has 0 heterocycles. The molecule has 0 radical (unpaired) electrons. The van der Waals surface area contributed by atoms with E-state index in [2.05, 4.69) is 4.74 Å². The Morgan fingerprint density at radius 3 is 1.26 bits per heavy atom. The predicted molar refractivity (Wildman–Crippen MR) is 125 cm³/mol. The molecule has 0 atom stereocenters. The molecule has 39 heavy (non-hydrogen) atoms. The minimum atomic E-state index is -4.44. The van der Waals surface area contributed by atoms with Crippen LogP contribution in [-0.4, -0.2) is 59.9 Å². The van der Waals surface area contributed by atoms with Crippen molar-refractivity contribution in [3.05, 3.63) is 48.5 Å². The van der Waals surface area contributed by atoms with Crippen molar-refractivity contribution in [2.45, 2.75) is 49.8 Å². The molecule has 5 N–H and O–H groups in total. The number of benzene rings is 2. The maximum absolute atomic E-state index is 10.9. The maximum atomic E-state index is 10.9. The number of hydrogen-bond donors (Lipinski definition) is 1. The van der Waals surface area contributed by atoms with Crippen molar-refractivity contribution in [3.63, 3.8) is 0 Å². The molecule has 2 aromatic rings. The van der Waals surface area contributed by atoms with Gasteiger partial charge in [0.05, 0.1) is 9.79 Å². The van der Waals surface area contributed by atoms with Gasteiger partial charge in [-0.25, -0.2) is 16.8 Å². The summed E-state index contributed by atoms with van der Waals surface area (Å²) in [4.78, 5) is 30.9. The number of phenolic OH excluding ortho intramolecular Hbond substituents is 1. The largest absolute Gasteiger partial charge is 1.00 e. The topological polar surface area (TPSA) is 267 Å². The Morgan fingerprint density at radius 2 is 0.974 bits per heavy atom. The molecule has 0 unspecified atom stereocenters. The Morgan fingerprint density at radius 1 is 0.667 bits per heavy atom. The van der Waals surface area contributed by atoms with Gasteiger partial charge >= 0.3 is 77.0 Å². The van der Waals surface area contributed by atoms with Crippen LogP contribution in [0.3, 0.4) is 0 Å². The van der Waals surface area contributed by atoms with Crippen LogP contribution >= 0.6 is 0 Å². The van der Waals surface area contributed by atoms with Gasteiger partial charge in [-0.05, 0) is 48.5 Å².